The molecule has 90 valence electrons. The summed E-state index contributed by atoms with van der Waals surface area (Å²) in [6.07, 6.45) is 0.936. The molecule has 0 aliphatic rings. The van der Waals surface area contributed by atoms with Crippen LogP contribution in [0.3, 0.4) is 0 Å². The predicted molar refractivity (Wildman–Crippen MR) is 70.7 cm³/mol. The smallest absolute Gasteiger partial charge is 0.145 e. The van der Waals surface area contributed by atoms with E-state index in [0.29, 0.717) is 0 Å². The number of rotatable bonds is 4. The molecule has 0 saturated heterocycles. The van der Waals surface area contributed by atoms with Crippen LogP contribution >= 0.6 is 0 Å². The molecule has 2 rings (SSSR count). The van der Waals surface area contributed by atoms with Gasteiger partial charge in [-0.1, -0.05) is 12.1 Å². The van der Waals surface area contributed by atoms with E-state index < -0.39 is 0 Å². The third kappa shape index (κ3) is 2.39. The number of para-hydroxylation sites is 1. The van der Waals surface area contributed by atoms with Crippen molar-refractivity contribution in [2.24, 2.45) is 0 Å². The average molecular weight is 230 g/mol. The molecule has 0 unspecified atom stereocenters. The van der Waals surface area contributed by atoms with Gasteiger partial charge in [0.25, 0.3) is 0 Å². The number of benzene rings is 1. The molecule has 0 spiro atoms. The van der Waals surface area contributed by atoms with Crippen LogP contribution in [-0.4, -0.2) is 25.7 Å². The number of methoxy groups -OCH3 is 1. The van der Waals surface area contributed by atoms with Gasteiger partial charge in [0, 0.05) is 24.0 Å². The Bertz CT molecular complexity index is 523. The Hall–Kier alpha value is -1.61. The Labute approximate surface area is 102 Å². The second-order valence-corrected chi connectivity index (χ2v) is 4.14. The summed E-state index contributed by atoms with van der Waals surface area (Å²) in [4.78, 5) is 4.68. The standard InChI is InChI=1S/C14H18N2O/c1-10-9-11(7-8-15-2)16-14-12(10)5-4-6-13(14)17-3/h4-6,9,15H,7-8H2,1-3H3. The number of fused-ring (bicyclic) bond motifs is 1. The predicted octanol–water partition coefficient (Wildman–Crippen LogP) is 2.31. The van der Waals surface area contributed by atoms with E-state index in [1.54, 1.807) is 7.11 Å². The van der Waals surface area contributed by atoms with E-state index in [1.807, 2.05) is 19.2 Å². The SMILES string of the molecule is CNCCc1cc(C)c2cccc(OC)c2n1. The van der Waals surface area contributed by atoms with Crippen LogP contribution in [0.15, 0.2) is 24.3 Å². The number of aryl methyl sites for hydroxylation is 1. The largest absolute Gasteiger partial charge is 0.494 e. The maximum Gasteiger partial charge on any atom is 0.145 e. The van der Waals surface area contributed by atoms with Gasteiger partial charge >= 0.3 is 0 Å². The van der Waals surface area contributed by atoms with Gasteiger partial charge in [0.2, 0.25) is 0 Å². The molecule has 1 N–H and O–H groups in total. The van der Waals surface area contributed by atoms with Crippen molar-refractivity contribution in [3.8, 4) is 5.75 Å². The van der Waals surface area contributed by atoms with E-state index in [0.717, 1.165) is 35.3 Å². The molecular formula is C14H18N2O. The van der Waals surface area contributed by atoms with Crippen LogP contribution < -0.4 is 10.1 Å². The van der Waals surface area contributed by atoms with Crippen molar-refractivity contribution in [1.82, 2.24) is 10.3 Å². The summed E-state index contributed by atoms with van der Waals surface area (Å²) in [6.45, 7) is 3.05. The van der Waals surface area contributed by atoms with Crippen LogP contribution in [0, 0.1) is 6.92 Å². The highest BCUT2D eigenvalue weighted by Crippen LogP contribution is 2.26. The zero-order chi connectivity index (χ0) is 12.3. The van der Waals surface area contributed by atoms with E-state index in [2.05, 4.69) is 29.4 Å². The molecule has 0 saturated carbocycles. The van der Waals surface area contributed by atoms with Gasteiger partial charge in [0.15, 0.2) is 0 Å². The molecule has 0 aliphatic heterocycles. The first kappa shape index (κ1) is 11.9. The maximum atomic E-state index is 5.36. The van der Waals surface area contributed by atoms with Crippen molar-refractivity contribution in [3.05, 3.63) is 35.5 Å². The molecule has 0 bridgehead atoms. The molecule has 0 amide bonds. The number of hydrogen-bond acceptors (Lipinski definition) is 3. The lowest BCUT2D eigenvalue weighted by molar-refractivity contribution is 0.419. The number of pyridine rings is 1. The molecule has 3 nitrogen and oxygen atoms in total. The third-order valence-corrected chi connectivity index (χ3v) is 2.91. The second kappa shape index (κ2) is 5.15. The molecule has 0 fully saturated rings. The summed E-state index contributed by atoms with van der Waals surface area (Å²) >= 11 is 0. The maximum absolute atomic E-state index is 5.36. The number of likely N-dealkylation sites (N-methyl/N-ethyl adjacent to an activating group) is 1. The monoisotopic (exact) mass is 230 g/mol. The quantitative estimate of drug-likeness (QED) is 0.875. The minimum Gasteiger partial charge on any atom is -0.494 e. The Balaban J connectivity index is 2.53. The fraction of sp³-hybridized carbons (Fsp3) is 0.357. The van der Waals surface area contributed by atoms with Gasteiger partial charge in [0.1, 0.15) is 11.3 Å². The highest BCUT2D eigenvalue weighted by Gasteiger charge is 2.06. The van der Waals surface area contributed by atoms with Crippen molar-refractivity contribution >= 4 is 10.9 Å². The summed E-state index contributed by atoms with van der Waals surface area (Å²) in [5, 5.41) is 4.31. The lowest BCUT2D eigenvalue weighted by Gasteiger charge is -2.09. The molecule has 1 aromatic heterocycles. The Morgan fingerprint density at radius 1 is 1.35 bits per heavy atom. The average Bonchev–Trinajstić information content (AvgIpc) is 2.35. The van der Waals surface area contributed by atoms with Gasteiger partial charge in [-0.25, -0.2) is 4.98 Å². The van der Waals surface area contributed by atoms with Crippen LogP contribution in [0.2, 0.25) is 0 Å². The van der Waals surface area contributed by atoms with Gasteiger partial charge < -0.3 is 10.1 Å². The Kier molecular flexibility index (Phi) is 3.59. The Morgan fingerprint density at radius 2 is 2.18 bits per heavy atom. The molecule has 1 aromatic carbocycles. The van der Waals surface area contributed by atoms with Crippen LogP contribution in [0.1, 0.15) is 11.3 Å². The number of nitrogens with one attached hydrogen (secondary N) is 1. The lowest BCUT2D eigenvalue weighted by Crippen LogP contribution is -2.11. The topological polar surface area (TPSA) is 34.1 Å². The third-order valence-electron chi connectivity index (χ3n) is 2.91. The highest BCUT2D eigenvalue weighted by molar-refractivity contribution is 5.87. The fourth-order valence-corrected chi connectivity index (χ4v) is 2.01. The molecule has 2 aromatic rings. The first-order valence-electron chi connectivity index (χ1n) is 5.84. The van der Waals surface area contributed by atoms with E-state index in [-0.39, 0.29) is 0 Å². The molecule has 0 atom stereocenters. The van der Waals surface area contributed by atoms with Gasteiger partial charge in [-0.2, -0.15) is 0 Å². The first-order chi connectivity index (χ1) is 8.26. The highest BCUT2D eigenvalue weighted by atomic mass is 16.5. The fourth-order valence-electron chi connectivity index (χ4n) is 2.01. The molecule has 17 heavy (non-hydrogen) atoms. The van der Waals surface area contributed by atoms with E-state index in [9.17, 15) is 0 Å². The van der Waals surface area contributed by atoms with Gasteiger partial charge in [0.05, 0.1) is 7.11 Å². The molecule has 1 heterocycles. The molecular weight excluding hydrogens is 212 g/mol. The molecule has 0 radical (unpaired) electrons. The van der Waals surface area contributed by atoms with Gasteiger partial charge in [-0.15, -0.1) is 0 Å². The van der Waals surface area contributed by atoms with E-state index >= 15 is 0 Å². The summed E-state index contributed by atoms with van der Waals surface area (Å²) in [7, 11) is 3.64. The van der Waals surface area contributed by atoms with Crippen LogP contribution in [0.4, 0.5) is 0 Å². The van der Waals surface area contributed by atoms with Crippen LogP contribution in [0.25, 0.3) is 10.9 Å². The lowest BCUT2D eigenvalue weighted by atomic mass is 10.1. The summed E-state index contributed by atoms with van der Waals surface area (Å²) in [6, 6.07) is 8.20. The zero-order valence-corrected chi connectivity index (χ0v) is 10.6. The normalized spacial score (nSPS) is 10.8. The van der Waals surface area contributed by atoms with Gasteiger partial charge in [-0.05, 0) is 31.7 Å². The van der Waals surface area contributed by atoms with Crippen LogP contribution in [-0.2, 0) is 6.42 Å². The van der Waals surface area contributed by atoms with Gasteiger partial charge in [-0.3, -0.25) is 0 Å². The van der Waals surface area contributed by atoms with Crippen molar-refractivity contribution in [2.75, 3.05) is 20.7 Å². The summed E-state index contributed by atoms with van der Waals surface area (Å²) in [5.41, 5.74) is 3.31. The van der Waals surface area contributed by atoms with E-state index in [1.165, 1.54) is 5.56 Å². The minimum atomic E-state index is 0.844. The van der Waals surface area contributed by atoms with Crippen molar-refractivity contribution in [1.29, 1.82) is 0 Å². The number of hydrogen-bond donors (Lipinski definition) is 1. The Morgan fingerprint density at radius 3 is 2.88 bits per heavy atom. The van der Waals surface area contributed by atoms with E-state index in [4.69, 9.17) is 4.74 Å². The second-order valence-electron chi connectivity index (χ2n) is 4.14. The number of ether oxygens (including phenoxy) is 1. The minimum absolute atomic E-state index is 0.844. The first-order valence-corrected chi connectivity index (χ1v) is 5.84. The molecule has 0 aliphatic carbocycles. The molecule has 3 heteroatoms. The van der Waals surface area contributed by atoms with Crippen molar-refractivity contribution in [3.63, 3.8) is 0 Å². The van der Waals surface area contributed by atoms with Crippen molar-refractivity contribution < 1.29 is 4.74 Å². The summed E-state index contributed by atoms with van der Waals surface area (Å²) in [5.74, 6) is 0.844. The zero-order valence-electron chi connectivity index (χ0n) is 10.6. The van der Waals surface area contributed by atoms with Crippen molar-refractivity contribution in [2.45, 2.75) is 13.3 Å². The summed E-state index contributed by atoms with van der Waals surface area (Å²) < 4.78 is 5.36. The number of nitrogens with zero attached hydrogens (tertiary/aromatic N) is 1. The van der Waals surface area contributed by atoms with Crippen LogP contribution in [0.5, 0.6) is 5.75 Å². The number of aromatic nitrogens is 1.